The molecule has 0 fully saturated rings. The Hall–Kier alpha value is -3.02. The summed E-state index contributed by atoms with van der Waals surface area (Å²) in [7, 11) is 0. The first kappa shape index (κ1) is 14.9. The monoisotopic (exact) mass is 314 g/mol. The van der Waals surface area contributed by atoms with E-state index in [-0.39, 0.29) is 12.5 Å². The Kier molecular flexibility index (Phi) is 4.14. The van der Waals surface area contributed by atoms with Gasteiger partial charge in [0.25, 0.3) is 0 Å². The van der Waals surface area contributed by atoms with E-state index in [1.807, 2.05) is 0 Å². The van der Waals surface area contributed by atoms with Gasteiger partial charge in [0, 0.05) is 5.56 Å². The predicted molar refractivity (Wildman–Crippen MR) is 80.5 cm³/mol. The van der Waals surface area contributed by atoms with Crippen molar-refractivity contribution in [3.8, 4) is 23.0 Å². The summed E-state index contributed by atoms with van der Waals surface area (Å²) in [6, 6.07) is 9.41. The van der Waals surface area contributed by atoms with E-state index in [2.05, 4.69) is 0 Å². The molecule has 0 aromatic heterocycles. The number of rotatable bonds is 5. The lowest BCUT2D eigenvalue weighted by Gasteiger charge is -2.11. The van der Waals surface area contributed by atoms with Gasteiger partial charge in [0.15, 0.2) is 23.0 Å². The van der Waals surface area contributed by atoms with Gasteiger partial charge in [-0.15, -0.1) is 0 Å². The Morgan fingerprint density at radius 3 is 2.74 bits per heavy atom. The number of benzene rings is 2. The van der Waals surface area contributed by atoms with Crippen molar-refractivity contribution in [3.05, 3.63) is 47.5 Å². The van der Waals surface area contributed by atoms with E-state index in [1.54, 1.807) is 31.2 Å². The van der Waals surface area contributed by atoms with Gasteiger partial charge in [-0.25, -0.2) is 4.79 Å². The van der Waals surface area contributed by atoms with Crippen LogP contribution in [0, 0.1) is 0 Å². The van der Waals surface area contributed by atoms with E-state index in [0.717, 1.165) is 0 Å². The molecular weight excluding hydrogens is 300 g/mol. The summed E-state index contributed by atoms with van der Waals surface area (Å²) >= 11 is 0. The van der Waals surface area contributed by atoms with Crippen LogP contribution in [0.25, 0.3) is 0 Å². The van der Waals surface area contributed by atoms with Gasteiger partial charge in [0.1, 0.15) is 6.29 Å². The van der Waals surface area contributed by atoms with Crippen molar-refractivity contribution >= 4 is 12.3 Å². The summed E-state index contributed by atoms with van der Waals surface area (Å²) in [5.41, 5.74) is 0.771. The van der Waals surface area contributed by atoms with Crippen molar-refractivity contribution in [1.82, 2.24) is 0 Å². The molecule has 0 spiro atoms. The Morgan fingerprint density at radius 2 is 1.96 bits per heavy atom. The highest BCUT2D eigenvalue weighted by molar-refractivity contribution is 5.92. The highest BCUT2D eigenvalue weighted by Gasteiger charge is 2.18. The summed E-state index contributed by atoms with van der Waals surface area (Å²) in [5.74, 6) is 1.13. The maximum absolute atomic E-state index is 12.3. The van der Waals surface area contributed by atoms with Crippen LogP contribution < -0.4 is 18.9 Å². The second kappa shape index (κ2) is 6.39. The molecule has 2 aromatic rings. The molecule has 0 aliphatic carbocycles. The second-order valence-corrected chi connectivity index (χ2v) is 4.71. The maximum Gasteiger partial charge on any atom is 0.343 e. The number of aldehydes is 1. The standard InChI is InChI=1S/C17H14O6/c1-2-20-15-7-11(9-18)3-5-14(15)23-17(19)12-4-6-13-16(8-12)22-10-21-13/h3-9H,2,10H2,1H3. The van der Waals surface area contributed by atoms with Crippen molar-refractivity contribution in [2.24, 2.45) is 0 Å². The third kappa shape index (κ3) is 3.11. The first-order valence-electron chi connectivity index (χ1n) is 7.05. The molecule has 1 aliphatic rings. The molecule has 6 nitrogen and oxygen atoms in total. The van der Waals surface area contributed by atoms with Gasteiger partial charge < -0.3 is 18.9 Å². The van der Waals surface area contributed by atoms with Gasteiger partial charge in [-0.05, 0) is 43.3 Å². The van der Waals surface area contributed by atoms with Crippen LogP contribution in [0.3, 0.4) is 0 Å². The molecule has 23 heavy (non-hydrogen) atoms. The van der Waals surface area contributed by atoms with Crippen LogP contribution in [0.4, 0.5) is 0 Å². The molecule has 1 aliphatic heterocycles. The number of carbonyl (C=O) groups is 2. The number of ether oxygens (including phenoxy) is 4. The summed E-state index contributed by atoms with van der Waals surface area (Å²) in [6.07, 6.45) is 0.700. The van der Waals surface area contributed by atoms with Gasteiger partial charge in [-0.3, -0.25) is 4.79 Å². The summed E-state index contributed by atoms with van der Waals surface area (Å²) in [4.78, 5) is 23.1. The van der Waals surface area contributed by atoms with Gasteiger partial charge in [-0.2, -0.15) is 0 Å². The SMILES string of the molecule is CCOc1cc(C=O)ccc1OC(=O)c1ccc2c(c1)OCO2. The molecule has 6 heteroatoms. The molecule has 2 aromatic carbocycles. The van der Waals surface area contributed by atoms with E-state index in [9.17, 15) is 9.59 Å². The molecule has 1 heterocycles. The Balaban J connectivity index is 1.83. The molecular formula is C17H14O6. The third-order valence-electron chi connectivity index (χ3n) is 3.21. The van der Waals surface area contributed by atoms with Crippen LogP contribution in [-0.2, 0) is 0 Å². The smallest absolute Gasteiger partial charge is 0.343 e. The predicted octanol–water partition coefficient (Wildman–Crippen LogP) is 2.85. The minimum atomic E-state index is -0.553. The topological polar surface area (TPSA) is 71.1 Å². The zero-order chi connectivity index (χ0) is 16.2. The van der Waals surface area contributed by atoms with Crippen LogP contribution in [0.2, 0.25) is 0 Å². The zero-order valence-electron chi connectivity index (χ0n) is 12.4. The lowest BCUT2D eigenvalue weighted by Crippen LogP contribution is -2.09. The highest BCUT2D eigenvalue weighted by Crippen LogP contribution is 2.33. The Bertz CT molecular complexity index is 753. The largest absolute Gasteiger partial charge is 0.490 e. The minimum Gasteiger partial charge on any atom is -0.490 e. The van der Waals surface area contributed by atoms with Crippen LogP contribution >= 0.6 is 0 Å². The van der Waals surface area contributed by atoms with Crippen molar-refractivity contribution < 1.29 is 28.5 Å². The van der Waals surface area contributed by atoms with Crippen LogP contribution in [-0.4, -0.2) is 25.7 Å². The molecule has 0 radical (unpaired) electrons. The quantitative estimate of drug-likeness (QED) is 0.480. The van der Waals surface area contributed by atoms with Crippen molar-refractivity contribution in [1.29, 1.82) is 0 Å². The number of esters is 1. The summed E-state index contributed by atoms with van der Waals surface area (Å²) in [6.45, 7) is 2.32. The Morgan fingerprint density at radius 1 is 1.13 bits per heavy atom. The van der Waals surface area contributed by atoms with Crippen molar-refractivity contribution in [3.63, 3.8) is 0 Å². The average molecular weight is 314 g/mol. The zero-order valence-corrected chi connectivity index (χ0v) is 12.4. The second-order valence-electron chi connectivity index (χ2n) is 4.71. The lowest BCUT2D eigenvalue weighted by molar-refractivity contribution is 0.0728. The average Bonchev–Trinajstić information content (AvgIpc) is 3.04. The molecule has 3 rings (SSSR count). The van der Waals surface area contributed by atoms with Gasteiger partial charge in [0.05, 0.1) is 12.2 Å². The molecule has 0 bridgehead atoms. The summed E-state index contributed by atoms with van der Waals surface area (Å²) in [5, 5.41) is 0. The van der Waals surface area contributed by atoms with Crippen LogP contribution in [0.1, 0.15) is 27.6 Å². The van der Waals surface area contributed by atoms with Crippen LogP contribution in [0.15, 0.2) is 36.4 Å². The number of fused-ring (bicyclic) bond motifs is 1. The van der Waals surface area contributed by atoms with Crippen LogP contribution in [0.5, 0.6) is 23.0 Å². The van der Waals surface area contributed by atoms with E-state index in [0.29, 0.717) is 41.3 Å². The number of carbonyl (C=O) groups excluding carboxylic acids is 2. The lowest BCUT2D eigenvalue weighted by atomic mass is 10.2. The first-order chi connectivity index (χ1) is 11.2. The molecule has 0 saturated carbocycles. The van der Waals surface area contributed by atoms with E-state index >= 15 is 0 Å². The molecule has 0 unspecified atom stereocenters. The van der Waals surface area contributed by atoms with E-state index < -0.39 is 5.97 Å². The molecule has 0 N–H and O–H groups in total. The maximum atomic E-state index is 12.3. The Labute approximate surface area is 132 Å². The fourth-order valence-corrected chi connectivity index (χ4v) is 2.13. The molecule has 118 valence electrons. The first-order valence-corrected chi connectivity index (χ1v) is 7.05. The normalized spacial score (nSPS) is 11.9. The van der Waals surface area contributed by atoms with Crippen molar-refractivity contribution in [2.75, 3.05) is 13.4 Å². The third-order valence-corrected chi connectivity index (χ3v) is 3.21. The van der Waals surface area contributed by atoms with Gasteiger partial charge >= 0.3 is 5.97 Å². The molecule has 0 atom stereocenters. The van der Waals surface area contributed by atoms with Gasteiger partial charge in [-0.1, -0.05) is 0 Å². The summed E-state index contributed by atoms with van der Waals surface area (Å²) < 4.78 is 21.2. The van der Waals surface area contributed by atoms with E-state index in [4.69, 9.17) is 18.9 Å². The fourth-order valence-electron chi connectivity index (χ4n) is 2.13. The number of hydrogen-bond donors (Lipinski definition) is 0. The van der Waals surface area contributed by atoms with Crippen molar-refractivity contribution in [2.45, 2.75) is 6.92 Å². The molecule has 0 amide bonds. The van der Waals surface area contributed by atoms with E-state index in [1.165, 1.54) is 12.1 Å². The minimum absolute atomic E-state index is 0.134. The molecule has 0 saturated heterocycles. The van der Waals surface area contributed by atoms with Gasteiger partial charge in [0.2, 0.25) is 6.79 Å². The highest BCUT2D eigenvalue weighted by atomic mass is 16.7. The fraction of sp³-hybridized carbons (Fsp3) is 0.176. The number of hydrogen-bond acceptors (Lipinski definition) is 6.